The van der Waals surface area contributed by atoms with Gasteiger partial charge in [-0.25, -0.2) is 4.79 Å². The van der Waals surface area contributed by atoms with Crippen molar-refractivity contribution in [3.8, 4) is 0 Å². The van der Waals surface area contributed by atoms with Crippen LogP contribution in [0.25, 0.3) is 0 Å². The van der Waals surface area contributed by atoms with Gasteiger partial charge in [0.25, 0.3) is 0 Å². The lowest BCUT2D eigenvalue weighted by atomic mass is 10.9. The Morgan fingerprint density at radius 1 is 1.75 bits per heavy atom. The molecule has 0 saturated carbocycles. The second kappa shape index (κ2) is 4.14. The molecule has 0 saturated heterocycles. The molecule has 0 aromatic carbocycles. The van der Waals surface area contributed by atoms with Crippen molar-refractivity contribution in [2.75, 3.05) is 6.61 Å². The first-order valence-corrected chi connectivity index (χ1v) is 3.38. The predicted molar refractivity (Wildman–Crippen MR) is 36.7 cm³/mol. The number of carbonyl (C=O) groups excluding carboxylic acids is 1. The lowest BCUT2D eigenvalue weighted by Crippen LogP contribution is -2.11. The van der Waals surface area contributed by atoms with Gasteiger partial charge in [-0.2, -0.15) is 2.95 Å². The molecule has 0 aliphatic rings. The number of halogens is 2. The molecule has 0 radical (unpaired) electrons. The van der Waals surface area contributed by atoms with Crippen LogP contribution in [0.4, 0.5) is 4.79 Å². The first-order chi connectivity index (χ1) is 3.68. The van der Waals surface area contributed by atoms with Gasteiger partial charge in [0.05, 0.1) is 38.9 Å². The Morgan fingerprint density at radius 2 is 2.25 bits per heavy atom. The highest BCUT2D eigenvalue weighted by Gasteiger charge is 2.04. The Hall–Kier alpha value is 0.230. The molecule has 3 nitrogen and oxygen atoms in total. The summed E-state index contributed by atoms with van der Waals surface area (Å²) in [5, 5.41) is 0. The molecule has 0 aromatic heterocycles. The predicted octanol–water partition coefficient (Wildman–Crippen LogP) is 2.06. The lowest BCUT2D eigenvalue weighted by Gasteiger charge is -2.02. The number of hydrogen-bond donors (Lipinski definition) is 0. The number of nitrogens with zero attached hydrogens (tertiary/aromatic N) is 1. The maximum absolute atomic E-state index is 10.4. The van der Waals surface area contributed by atoms with Crippen LogP contribution in [0.2, 0.25) is 0 Å². The molecule has 0 spiro atoms. The van der Waals surface area contributed by atoms with Gasteiger partial charge >= 0.3 is 6.09 Å². The Balaban J connectivity index is 3.33. The highest BCUT2D eigenvalue weighted by molar-refractivity contribution is 9.21. The van der Waals surface area contributed by atoms with E-state index in [1.54, 1.807) is 6.92 Å². The van der Waals surface area contributed by atoms with E-state index in [0.29, 0.717) is 6.61 Å². The Kier molecular flexibility index (Phi) is 4.26. The molecule has 0 fully saturated rings. The van der Waals surface area contributed by atoms with Crippen molar-refractivity contribution in [2.45, 2.75) is 6.92 Å². The van der Waals surface area contributed by atoms with Gasteiger partial charge in [0, 0.05) is 0 Å². The molecular weight excluding hydrogens is 242 g/mol. The summed E-state index contributed by atoms with van der Waals surface area (Å²) in [6, 6.07) is 0. The number of hydrogen-bond acceptors (Lipinski definition) is 2. The highest BCUT2D eigenvalue weighted by atomic mass is 79.9. The van der Waals surface area contributed by atoms with E-state index < -0.39 is 6.09 Å². The van der Waals surface area contributed by atoms with E-state index in [9.17, 15) is 4.79 Å². The smallest absolute Gasteiger partial charge is 0.430 e. The summed E-state index contributed by atoms with van der Waals surface area (Å²) in [6.45, 7) is 2.12. The van der Waals surface area contributed by atoms with Gasteiger partial charge < -0.3 is 4.74 Å². The maximum Gasteiger partial charge on any atom is 0.430 e. The van der Waals surface area contributed by atoms with Crippen molar-refractivity contribution < 1.29 is 9.53 Å². The minimum atomic E-state index is -0.451. The normalized spacial score (nSPS) is 8.38. The van der Waals surface area contributed by atoms with Crippen LogP contribution in [0.3, 0.4) is 0 Å². The molecule has 0 aromatic rings. The zero-order valence-corrected chi connectivity index (χ0v) is 7.40. The van der Waals surface area contributed by atoms with E-state index in [0.717, 1.165) is 2.95 Å². The van der Waals surface area contributed by atoms with Crippen molar-refractivity contribution in [2.24, 2.45) is 0 Å². The van der Waals surface area contributed by atoms with Gasteiger partial charge in [-0.3, -0.25) is 0 Å². The van der Waals surface area contributed by atoms with Crippen LogP contribution in [-0.2, 0) is 4.74 Å². The fraction of sp³-hybridized carbons (Fsp3) is 0.667. The van der Waals surface area contributed by atoms with Crippen LogP contribution in [0.1, 0.15) is 6.92 Å². The van der Waals surface area contributed by atoms with Crippen LogP contribution in [0.15, 0.2) is 0 Å². The van der Waals surface area contributed by atoms with Gasteiger partial charge in [-0.05, 0) is 6.92 Å². The molecule has 0 heterocycles. The van der Waals surface area contributed by atoms with E-state index in [1.165, 1.54) is 0 Å². The number of ether oxygens (including phenoxy) is 1. The van der Waals surface area contributed by atoms with E-state index in [-0.39, 0.29) is 0 Å². The standard InChI is InChI=1S/C3H5Br2NO2/c1-2-8-3(7)6(4)5/h2H2,1H3. The second-order valence-corrected chi connectivity index (χ2v) is 3.30. The SMILES string of the molecule is CCOC(=O)N(Br)Br. The van der Waals surface area contributed by atoms with Crippen LogP contribution in [-0.4, -0.2) is 15.7 Å². The first kappa shape index (κ1) is 8.23. The fourth-order valence-electron chi connectivity index (χ4n) is 0.172. The zero-order valence-electron chi connectivity index (χ0n) is 4.23. The van der Waals surface area contributed by atoms with Gasteiger partial charge in [0.15, 0.2) is 0 Å². The third kappa shape index (κ3) is 3.26. The summed E-state index contributed by atoms with van der Waals surface area (Å²) in [7, 11) is 0. The van der Waals surface area contributed by atoms with Crippen molar-refractivity contribution in [1.82, 2.24) is 2.95 Å². The molecule has 48 valence electrons. The summed E-state index contributed by atoms with van der Waals surface area (Å²) in [4.78, 5) is 10.4. The molecule has 5 heteroatoms. The Morgan fingerprint density at radius 3 is 2.38 bits per heavy atom. The molecule has 0 unspecified atom stereocenters. The van der Waals surface area contributed by atoms with Crippen molar-refractivity contribution in [1.29, 1.82) is 0 Å². The first-order valence-electron chi connectivity index (χ1n) is 1.97. The van der Waals surface area contributed by atoms with Gasteiger partial charge in [0.2, 0.25) is 0 Å². The number of rotatable bonds is 1. The summed E-state index contributed by atoms with van der Waals surface area (Å²) in [5.74, 6) is 0. The van der Waals surface area contributed by atoms with Crippen LogP contribution < -0.4 is 0 Å². The van der Waals surface area contributed by atoms with Crippen LogP contribution in [0.5, 0.6) is 0 Å². The summed E-state index contributed by atoms with van der Waals surface area (Å²) >= 11 is 5.63. The van der Waals surface area contributed by atoms with Gasteiger partial charge in [-0.1, -0.05) is 0 Å². The van der Waals surface area contributed by atoms with E-state index in [4.69, 9.17) is 0 Å². The quantitative estimate of drug-likeness (QED) is 0.663. The second-order valence-electron chi connectivity index (χ2n) is 0.932. The average molecular weight is 247 g/mol. The largest absolute Gasteiger partial charge is 0.449 e. The van der Waals surface area contributed by atoms with E-state index >= 15 is 0 Å². The summed E-state index contributed by atoms with van der Waals surface area (Å²) in [5.41, 5.74) is 0. The minimum Gasteiger partial charge on any atom is -0.449 e. The Labute approximate surface area is 64.7 Å². The van der Waals surface area contributed by atoms with Crippen LogP contribution >= 0.6 is 32.3 Å². The summed E-state index contributed by atoms with van der Waals surface area (Å²) < 4.78 is 5.51. The molecular formula is C3H5Br2NO2. The molecule has 0 bridgehead atoms. The topological polar surface area (TPSA) is 29.5 Å². The Bertz CT molecular complexity index is 85.4. The van der Waals surface area contributed by atoms with Crippen LogP contribution in [0, 0.1) is 0 Å². The lowest BCUT2D eigenvalue weighted by molar-refractivity contribution is 0.150. The minimum absolute atomic E-state index is 0.381. The van der Waals surface area contributed by atoms with E-state index in [1.807, 2.05) is 0 Å². The van der Waals surface area contributed by atoms with Gasteiger partial charge in [-0.15, -0.1) is 0 Å². The average Bonchev–Trinajstić information content (AvgIpc) is 1.67. The zero-order chi connectivity index (χ0) is 6.57. The molecule has 1 amide bonds. The van der Waals surface area contributed by atoms with E-state index in [2.05, 4.69) is 37.0 Å². The summed E-state index contributed by atoms with van der Waals surface area (Å²) in [6.07, 6.45) is -0.451. The highest BCUT2D eigenvalue weighted by Crippen LogP contribution is 2.06. The molecule has 8 heavy (non-hydrogen) atoms. The molecule has 0 aliphatic carbocycles. The molecule has 0 atom stereocenters. The maximum atomic E-state index is 10.4. The number of carbonyl (C=O) groups is 1. The molecule has 0 aliphatic heterocycles. The molecule has 0 N–H and O–H groups in total. The monoisotopic (exact) mass is 245 g/mol. The van der Waals surface area contributed by atoms with Crippen molar-refractivity contribution in [3.63, 3.8) is 0 Å². The fourth-order valence-corrected chi connectivity index (χ4v) is 0.377. The third-order valence-corrected chi connectivity index (χ3v) is 0.985. The third-order valence-electron chi connectivity index (χ3n) is 0.406. The molecule has 0 rings (SSSR count). The van der Waals surface area contributed by atoms with Gasteiger partial charge in [0.1, 0.15) is 0 Å². The number of amides is 1. The van der Waals surface area contributed by atoms with Crippen molar-refractivity contribution >= 4 is 38.4 Å². The van der Waals surface area contributed by atoms with Crippen molar-refractivity contribution in [3.05, 3.63) is 0 Å².